The molecule has 0 aliphatic rings. The molecule has 5 nitrogen and oxygen atoms in total. The maximum Gasteiger partial charge on any atom is 0.273 e. The van der Waals surface area contributed by atoms with Gasteiger partial charge in [-0.3, -0.25) is 14.2 Å². The van der Waals surface area contributed by atoms with Gasteiger partial charge in [0.25, 0.3) is 5.56 Å². The molecule has 0 unspecified atom stereocenters. The highest BCUT2D eigenvalue weighted by Gasteiger charge is 2.18. The molecule has 0 bridgehead atoms. The number of carbonyl (C=O) groups excluding carboxylic acids is 1. The third kappa shape index (κ3) is 3.66. The van der Waals surface area contributed by atoms with Crippen LogP contribution in [0.5, 0.6) is 0 Å². The molecule has 2 aromatic heterocycles. The predicted octanol–water partition coefficient (Wildman–Crippen LogP) is 3.19. The number of hydrogen-bond donors (Lipinski definition) is 0. The number of Topliss-reactive ketones (excluding diaryl/α,β-unsaturated/α-hetero) is 1. The van der Waals surface area contributed by atoms with Gasteiger partial charge in [0, 0.05) is 11.6 Å². The maximum absolute atomic E-state index is 13.2. The van der Waals surface area contributed by atoms with Crippen LogP contribution in [-0.2, 0) is 0 Å². The molecule has 6 heteroatoms. The molecule has 2 heterocycles. The number of nitriles is 1. The lowest BCUT2D eigenvalue weighted by Crippen LogP contribution is -2.31. The van der Waals surface area contributed by atoms with Gasteiger partial charge in [-0.1, -0.05) is 48.5 Å². The highest BCUT2D eigenvalue weighted by Crippen LogP contribution is 2.10. The summed E-state index contributed by atoms with van der Waals surface area (Å²) in [6.45, 7) is 1.82. The van der Waals surface area contributed by atoms with Gasteiger partial charge in [-0.15, -0.1) is 11.3 Å². The zero-order valence-electron chi connectivity index (χ0n) is 16.0. The second-order valence-corrected chi connectivity index (χ2v) is 7.55. The number of aromatic nitrogens is 1. The van der Waals surface area contributed by atoms with Crippen molar-refractivity contribution in [1.82, 2.24) is 4.57 Å². The number of benzene rings is 2. The first-order valence-corrected chi connectivity index (χ1v) is 10.00. The van der Waals surface area contributed by atoms with Crippen LogP contribution in [0.25, 0.3) is 17.3 Å². The van der Waals surface area contributed by atoms with Crippen molar-refractivity contribution in [3.8, 4) is 11.8 Å². The molecule has 4 rings (SSSR count). The molecule has 4 aromatic rings. The summed E-state index contributed by atoms with van der Waals surface area (Å²) in [6.07, 6.45) is 1.63. The van der Waals surface area contributed by atoms with Gasteiger partial charge in [0.05, 0.1) is 10.2 Å². The number of rotatable bonds is 4. The van der Waals surface area contributed by atoms with Gasteiger partial charge in [-0.05, 0) is 31.2 Å². The number of hydrogen-bond acceptors (Lipinski definition) is 5. The van der Waals surface area contributed by atoms with E-state index in [1.165, 1.54) is 4.57 Å². The van der Waals surface area contributed by atoms with E-state index in [0.717, 1.165) is 17.1 Å². The Morgan fingerprint density at radius 3 is 2.30 bits per heavy atom. The number of nitrogens with zero attached hydrogens (tertiary/aromatic N) is 2. The van der Waals surface area contributed by atoms with Crippen LogP contribution in [0, 0.1) is 18.3 Å². The van der Waals surface area contributed by atoms with Gasteiger partial charge in [-0.2, -0.15) is 5.26 Å². The molecule has 30 heavy (non-hydrogen) atoms. The number of aryl methyl sites for hydroxylation is 1. The minimum atomic E-state index is -0.426. The van der Waals surface area contributed by atoms with Crippen LogP contribution in [-0.4, -0.2) is 10.4 Å². The third-order valence-corrected chi connectivity index (χ3v) is 5.55. The van der Waals surface area contributed by atoms with E-state index in [1.807, 2.05) is 25.1 Å². The fourth-order valence-corrected chi connectivity index (χ4v) is 4.13. The predicted molar refractivity (Wildman–Crippen MR) is 116 cm³/mol. The molecular weight excluding hydrogens is 396 g/mol. The van der Waals surface area contributed by atoms with Crippen LogP contribution < -0.4 is 14.8 Å². The Kier molecular flexibility index (Phi) is 5.29. The molecule has 146 valence electrons. The number of para-hydroxylation sites is 1. The Bertz CT molecular complexity index is 1440. The smallest absolute Gasteiger partial charge is 0.273 e. The Morgan fingerprint density at radius 2 is 1.70 bits per heavy atom. The summed E-state index contributed by atoms with van der Waals surface area (Å²) in [6, 6.07) is 23.1. The molecule has 0 saturated heterocycles. The van der Waals surface area contributed by atoms with Gasteiger partial charge in [-0.25, -0.2) is 0 Å². The van der Waals surface area contributed by atoms with Crippen molar-refractivity contribution in [3.63, 3.8) is 0 Å². The molecule has 0 spiro atoms. The highest BCUT2D eigenvalue weighted by molar-refractivity contribution is 7.07. The number of carbonyl (C=O) groups is 1. The van der Waals surface area contributed by atoms with E-state index in [4.69, 9.17) is 4.42 Å². The monoisotopic (exact) mass is 412 g/mol. The topological polar surface area (TPSA) is 76.0 Å². The molecule has 2 aromatic carbocycles. The minimum Gasteiger partial charge on any atom is -0.462 e. The zero-order chi connectivity index (χ0) is 21.1. The Balaban J connectivity index is 2.06. The molecule has 0 amide bonds. The largest absolute Gasteiger partial charge is 0.462 e. The van der Waals surface area contributed by atoms with E-state index in [-0.39, 0.29) is 15.8 Å². The summed E-state index contributed by atoms with van der Waals surface area (Å²) in [4.78, 5) is 26.3. The molecule has 0 saturated carbocycles. The van der Waals surface area contributed by atoms with Gasteiger partial charge >= 0.3 is 0 Å². The maximum atomic E-state index is 13.2. The molecule has 0 atom stereocenters. The van der Waals surface area contributed by atoms with Crippen LogP contribution >= 0.6 is 11.3 Å². The average Bonchev–Trinajstić information content (AvgIpc) is 3.33. The van der Waals surface area contributed by atoms with E-state index < -0.39 is 5.78 Å². The summed E-state index contributed by atoms with van der Waals surface area (Å²) >= 11 is 1.10. The fourth-order valence-electron chi connectivity index (χ4n) is 3.05. The van der Waals surface area contributed by atoms with Gasteiger partial charge in [0.1, 0.15) is 27.8 Å². The summed E-state index contributed by atoms with van der Waals surface area (Å²) in [5.74, 6) is 0.833. The summed E-state index contributed by atoms with van der Waals surface area (Å²) in [5.41, 5.74) is 0.575. The fraction of sp³-hybridized carbons (Fsp3) is 0.0417. The van der Waals surface area contributed by atoms with Crippen LogP contribution in [0.1, 0.15) is 21.9 Å². The number of thiazole rings is 1. The summed E-state index contributed by atoms with van der Waals surface area (Å²) < 4.78 is 7.63. The Labute approximate surface area is 176 Å². The van der Waals surface area contributed by atoms with E-state index in [9.17, 15) is 14.9 Å². The number of ketones is 1. The average molecular weight is 412 g/mol. The second-order valence-electron chi connectivity index (χ2n) is 6.52. The van der Waals surface area contributed by atoms with Crippen molar-refractivity contribution >= 4 is 28.8 Å². The molecule has 0 aliphatic heterocycles. The van der Waals surface area contributed by atoms with E-state index >= 15 is 0 Å². The van der Waals surface area contributed by atoms with Crippen molar-refractivity contribution in [2.24, 2.45) is 0 Å². The molecule has 0 N–H and O–H groups in total. The first-order valence-electron chi connectivity index (χ1n) is 9.18. The van der Waals surface area contributed by atoms with Gasteiger partial charge < -0.3 is 4.42 Å². The zero-order valence-corrected chi connectivity index (χ0v) is 16.8. The van der Waals surface area contributed by atoms with Crippen molar-refractivity contribution < 1.29 is 9.21 Å². The minimum absolute atomic E-state index is 0.0811. The normalized spacial score (nSPS) is 12.5. The Hall–Kier alpha value is -3.95. The van der Waals surface area contributed by atoms with Crippen LogP contribution in [0.3, 0.4) is 0 Å². The molecular formula is C24H16N2O3S. The SMILES string of the molecule is Cc1ccc(/C=c2\s/c(=C(/C#N)C(=O)c3ccccc3)n(-c3ccccc3)c2=O)o1. The summed E-state index contributed by atoms with van der Waals surface area (Å²) in [7, 11) is 0. The van der Waals surface area contributed by atoms with Gasteiger partial charge in [0.2, 0.25) is 5.78 Å². The third-order valence-electron chi connectivity index (χ3n) is 4.46. The van der Waals surface area contributed by atoms with Crippen molar-refractivity contribution in [3.05, 3.63) is 109 Å². The first kappa shape index (κ1) is 19.4. The molecule has 0 aliphatic carbocycles. The van der Waals surface area contributed by atoms with Gasteiger partial charge in [0.15, 0.2) is 0 Å². The standard InChI is InChI=1S/C24H16N2O3S/c1-16-12-13-19(29-16)14-21-23(28)26(18-10-6-3-7-11-18)24(30-21)20(15-25)22(27)17-8-4-2-5-9-17/h2-14H,1H3/b21-14-,24-20-. The lowest BCUT2D eigenvalue weighted by Gasteiger charge is -2.03. The van der Waals surface area contributed by atoms with E-state index in [2.05, 4.69) is 0 Å². The number of furan rings is 1. The molecule has 0 fully saturated rings. The summed E-state index contributed by atoms with van der Waals surface area (Å²) in [5, 5.41) is 9.83. The second kappa shape index (κ2) is 8.19. The van der Waals surface area contributed by atoms with Crippen molar-refractivity contribution in [1.29, 1.82) is 5.26 Å². The highest BCUT2D eigenvalue weighted by atomic mass is 32.1. The lowest BCUT2D eigenvalue weighted by molar-refractivity contribution is 0.105. The van der Waals surface area contributed by atoms with Crippen molar-refractivity contribution in [2.45, 2.75) is 6.92 Å². The Morgan fingerprint density at radius 1 is 1.03 bits per heavy atom. The quantitative estimate of drug-likeness (QED) is 0.483. The van der Waals surface area contributed by atoms with Crippen LogP contribution in [0.15, 0.2) is 82.0 Å². The van der Waals surface area contributed by atoms with Crippen LogP contribution in [0.4, 0.5) is 0 Å². The van der Waals surface area contributed by atoms with E-state index in [0.29, 0.717) is 21.5 Å². The van der Waals surface area contributed by atoms with Crippen LogP contribution in [0.2, 0.25) is 0 Å². The van der Waals surface area contributed by atoms with E-state index in [1.54, 1.807) is 66.7 Å². The van der Waals surface area contributed by atoms with Crippen molar-refractivity contribution in [2.75, 3.05) is 0 Å². The molecule has 0 radical (unpaired) electrons. The lowest BCUT2D eigenvalue weighted by atomic mass is 10.1. The first-order chi connectivity index (χ1) is 14.6.